The van der Waals surface area contributed by atoms with Crippen molar-refractivity contribution in [3.63, 3.8) is 0 Å². The first-order valence-corrected chi connectivity index (χ1v) is 5.45. The van der Waals surface area contributed by atoms with Crippen molar-refractivity contribution < 1.29 is 14.7 Å². The molecule has 1 aliphatic heterocycles. The standard InChI is InChI=1S/C8H14N2O3S/c1-8(2,7(12)13)10-6(11)5-3-14-4-9-5/h5,9H,3-4H2,1-2H3,(H,10,11)(H,12,13). The highest BCUT2D eigenvalue weighted by Crippen LogP contribution is 2.11. The Morgan fingerprint density at radius 1 is 1.57 bits per heavy atom. The molecule has 1 rings (SSSR count). The smallest absolute Gasteiger partial charge is 0.328 e. The second kappa shape index (κ2) is 4.18. The second-order valence-electron chi connectivity index (χ2n) is 3.69. The first kappa shape index (κ1) is 11.3. The number of carbonyl (C=O) groups is 2. The fourth-order valence-corrected chi connectivity index (χ4v) is 1.95. The summed E-state index contributed by atoms with van der Waals surface area (Å²) in [6, 6.07) is -0.265. The monoisotopic (exact) mass is 218 g/mol. The molecule has 5 nitrogen and oxygen atoms in total. The van der Waals surface area contributed by atoms with Crippen LogP contribution in [0.25, 0.3) is 0 Å². The molecular formula is C8H14N2O3S. The van der Waals surface area contributed by atoms with Gasteiger partial charge in [0.05, 0.1) is 6.04 Å². The predicted molar refractivity (Wildman–Crippen MR) is 54.1 cm³/mol. The van der Waals surface area contributed by atoms with E-state index in [-0.39, 0.29) is 11.9 Å². The van der Waals surface area contributed by atoms with Gasteiger partial charge in [0.2, 0.25) is 5.91 Å². The Morgan fingerprint density at radius 3 is 2.64 bits per heavy atom. The van der Waals surface area contributed by atoms with Gasteiger partial charge in [-0.25, -0.2) is 4.79 Å². The van der Waals surface area contributed by atoms with Crippen molar-refractivity contribution in [2.75, 3.05) is 11.6 Å². The maximum absolute atomic E-state index is 11.5. The number of hydrogen-bond acceptors (Lipinski definition) is 4. The van der Waals surface area contributed by atoms with E-state index < -0.39 is 11.5 Å². The Labute approximate surface area is 86.6 Å². The van der Waals surface area contributed by atoms with E-state index in [9.17, 15) is 9.59 Å². The summed E-state index contributed by atoms with van der Waals surface area (Å²) in [6.07, 6.45) is 0. The predicted octanol–water partition coefficient (Wildman–Crippen LogP) is -0.372. The molecule has 0 bridgehead atoms. The summed E-state index contributed by atoms with van der Waals surface area (Å²) in [5.74, 6) is 0.159. The third kappa shape index (κ3) is 2.62. The Kier molecular flexibility index (Phi) is 3.38. The van der Waals surface area contributed by atoms with Crippen LogP contribution in [0.15, 0.2) is 0 Å². The highest BCUT2D eigenvalue weighted by Gasteiger charge is 2.32. The molecule has 0 saturated carbocycles. The molecule has 0 spiro atoms. The van der Waals surface area contributed by atoms with Crippen molar-refractivity contribution in [2.45, 2.75) is 25.4 Å². The molecule has 14 heavy (non-hydrogen) atoms. The van der Waals surface area contributed by atoms with Crippen LogP contribution in [0.4, 0.5) is 0 Å². The lowest BCUT2D eigenvalue weighted by molar-refractivity contribution is -0.146. The molecule has 1 heterocycles. The van der Waals surface area contributed by atoms with E-state index in [1.165, 1.54) is 13.8 Å². The maximum Gasteiger partial charge on any atom is 0.328 e. The van der Waals surface area contributed by atoms with E-state index in [1.807, 2.05) is 0 Å². The van der Waals surface area contributed by atoms with Gasteiger partial charge < -0.3 is 10.4 Å². The topological polar surface area (TPSA) is 78.4 Å². The number of hydrogen-bond donors (Lipinski definition) is 3. The van der Waals surface area contributed by atoms with Gasteiger partial charge in [0.25, 0.3) is 0 Å². The van der Waals surface area contributed by atoms with E-state index >= 15 is 0 Å². The summed E-state index contributed by atoms with van der Waals surface area (Å²) in [4.78, 5) is 22.2. The largest absolute Gasteiger partial charge is 0.480 e. The number of rotatable bonds is 3. The van der Waals surface area contributed by atoms with Gasteiger partial charge in [0.1, 0.15) is 5.54 Å². The van der Waals surface area contributed by atoms with Crippen LogP contribution in [0.5, 0.6) is 0 Å². The van der Waals surface area contributed by atoms with Crippen LogP contribution in [0.2, 0.25) is 0 Å². The molecule has 0 aromatic rings. The van der Waals surface area contributed by atoms with Gasteiger partial charge in [0.15, 0.2) is 0 Å². The van der Waals surface area contributed by atoms with E-state index in [0.717, 1.165) is 5.88 Å². The molecule has 1 aliphatic rings. The van der Waals surface area contributed by atoms with Crippen molar-refractivity contribution in [1.82, 2.24) is 10.6 Å². The van der Waals surface area contributed by atoms with Crippen LogP contribution < -0.4 is 10.6 Å². The SMILES string of the molecule is CC(C)(NC(=O)C1CSCN1)C(=O)O. The zero-order valence-corrected chi connectivity index (χ0v) is 8.98. The van der Waals surface area contributed by atoms with Crippen LogP contribution in [0, 0.1) is 0 Å². The lowest BCUT2D eigenvalue weighted by atomic mass is 10.1. The lowest BCUT2D eigenvalue weighted by Crippen LogP contribution is -2.55. The fraction of sp³-hybridized carbons (Fsp3) is 0.750. The molecule has 0 aliphatic carbocycles. The van der Waals surface area contributed by atoms with Crippen LogP contribution in [0.1, 0.15) is 13.8 Å². The quantitative estimate of drug-likeness (QED) is 0.602. The molecule has 1 amide bonds. The number of carboxylic acids is 1. The van der Waals surface area contributed by atoms with Crippen LogP contribution in [0.3, 0.4) is 0 Å². The summed E-state index contributed by atoms with van der Waals surface area (Å²) in [7, 11) is 0. The molecule has 0 aromatic carbocycles. The first-order chi connectivity index (χ1) is 6.43. The van der Waals surface area contributed by atoms with Gasteiger partial charge in [-0.2, -0.15) is 0 Å². The first-order valence-electron chi connectivity index (χ1n) is 4.30. The van der Waals surface area contributed by atoms with Crippen LogP contribution in [-0.4, -0.2) is 40.2 Å². The maximum atomic E-state index is 11.5. The average Bonchev–Trinajstić information content (AvgIpc) is 2.54. The molecular weight excluding hydrogens is 204 g/mol. The number of nitrogens with one attached hydrogen (secondary N) is 2. The summed E-state index contributed by atoms with van der Waals surface area (Å²) < 4.78 is 0. The van der Waals surface area contributed by atoms with Gasteiger partial charge in [-0.3, -0.25) is 10.1 Å². The van der Waals surface area contributed by atoms with E-state index in [4.69, 9.17) is 5.11 Å². The van der Waals surface area contributed by atoms with Crippen molar-refractivity contribution in [2.24, 2.45) is 0 Å². The highest BCUT2D eigenvalue weighted by atomic mass is 32.2. The van der Waals surface area contributed by atoms with Crippen molar-refractivity contribution in [3.8, 4) is 0 Å². The third-order valence-corrected chi connectivity index (χ3v) is 2.94. The minimum atomic E-state index is -1.20. The van der Waals surface area contributed by atoms with E-state index in [0.29, 0.717) is 5.75 Å². The van der Waals surface area contributed by atoms with Crippen LogP contribution in [-0.2, 0) is 9.59 Å². The number of carboxylic acid groups (broad SMARTS) is 1. The summed E-state index contributed by atoms with van der Waals surface area (Å²) >= 11 is 1.63. The van der Waals surface area contributed by atoms with Gasteiger partial charge in [-0.1, -0.05) is 0 Å². The fourth-order valence-electron chi connectivity index (χ4n) is 1.01. The van der Waals surface area contributed by atoms with Gasteiger partial charge in [0, 0.05) is 11.6 Å². The van der Waals surface area contributed by atoms with Gasteiger partial charge >= 0.3 is 5.97 Å². The zero-order chi connectivity index (χ0) is 10.8. The second-order valence-corrected chi connectivity index (χ2v) is 4.72. The number of amides is 1. The highest BCUT2D eigenvalue weighted by molar-refractivity contribution is 7.99. The molecule has 1 unspecified atom stereocenters. The molecule has 6 heteroatoms. The molecule has 0 radical (unpaired) electrons. The molecule has 1 atom stereocenters. The van der Waals surface area contributed by atoms with Crippen molar-refractivity contribution >= 4 is 23.6 Å². The molecule has 1 fully saturated rings. The number of aliphatic carboxylic acids is 1. The third-order valence-electron chi connectivity index (χ3n) is 2.00. The molecule has 1 saturated heterocycles. The summed E-state index contributed by atoms with van der Waals surface area (Å²) in [6.45, 7) is 2.94. The van der Waals surface area contributed by atoms with E-state index in [2.05, 4.69) is 10.6 Å². The normalized spacial score (nSPS) is 22.0. The van der Waals surface area contributed by atoms with Crippen LogP contribution >= 0.6 is 11.8 Å². The minimum absolute atomic E-state index is 0.248. The van der Waals surface area contributed by atoms with Gasteiger partial charge in [-0.15, -0.1) is 11.8 Å². The Hall–Kier alpha value is -0.750. The Bertz CT molecular complexity index is 249. The average molecular weight is 218 g/mol. The summed E-state index contributed by atoms with van der Waals surface area (Å²) in [5, 5.41) is 14.3. The zero-order valence-electron chi connectivity index (χ0n) is 8.16. The lowest BCUT2D eigenvalue weighted by Gasteiger charge is -2.22. The number of carbonyl (C=O) groups excluding carboxylic acids is 1. The number of thioether (sulfide) groups is 1. The minimum Gasteiger partial charge on any atom is -0.480 e. The Morgan fingerprint density at radius 2 is 2.21 bits per heavy atom. The van der Waals surface area contributed by atoms with Gasteiger partial charge in [-0.05, 0) is 13.8 Å². The molecule has 0 aromatic heterocycles. The van der Waals surface area contributed by atoms with E-state index in [1.54, 1.807) is 11.8 Å². The van der Waals surface area contributed by atoms with Crippen molar-refractivity contribution in [3.05, 3.63) is 0 Å². The summed E-state index contributed by atoms with van der Waals surface area (Å²) in [5.41, 5.74) is -1.20. The van der Waals surface area contributed by atoms with Crippen molar-refractivity contribution in [1.29, 1.82) is 0 Å². The molecule has 3 N–H and O–H groups in total. The Balaban J connectivity index is 2.51. The molecule has 80 valence electrons.